The molecule has 0 saturated carbocycles. The summed E-state index contributed by atoms with van der Waals surface area (Å²) in [6.07, 6.45) is -2.99. The highest BCUT2D eigenvalue weighted by Crippen LogP contribution is 2.31. The molecule has 0 bridgehead atoms. The van der Waals surface area contributed by atoms with Crippen LogP contribution in [0.5, 0.6) is 0 Å². The Morgan fingerprint density at radius 3 is 1.86 bits per heavy atom. The normalized spacial score (nSPS) is 13.1. The van der Waals surface area contributed by atoms with E-state index in [-0.39, 0.29) is 12.6 Å². The molecule has 2 aromatic rings. The van der Waals surface area contributed by atoms with E-state index in [1.54, 1.807) is 0 Å². The molecule has 0 saturated heterocycles. The molecule has 0 aliphatic carbocycles. The second kappa shape index (κ2) is 6.94. The number of benzene rings is 2. The van der Waals surface area contributed by atoms with Crippen LogP contribution in [0.1, 0.15) is 30.0 Å². The van der Waals surface area contributed by atoms with E-state index in [2.05, 4.69) is 0 Å². The van der Waals surface area contributed by atoms with Gasteiger partial charge in [-0.05, 0) is 41.7 Å². The van der Waals surface area contributed by atoms with E-state index >= 15 is 0 Å². The zero-order valence-corrected chi connectivity index (χ0v) is 12.0. The maximum absolute atomic E-state index is 12.5. The van der Waals surface area contributed by atoms with Gasteiger partial charge in [0, 0.05) is 12.6 Å². The summed E-state index contributed by atoms with van der Waals surface area (Å²) < 4.78 is 37.6. The number of rotatable bonds is 5. The third kappa shape index (κ3) is 4.08. The van der Waals surface area contributed by atoms with Crippen molar-refractivity contribution in [2.45, 2.75) is 25.1 Å². The van der Waals surface area contributed by atoms with Crippen LogP contribution in [0.4, 0.5) is 13.2 Å². The fraction of sp³-hybridized carbons (Fsp3) is 0.294. The van der Waals surface area contributed by atoms with Crippen molar-refractivity contribution in [1.29, 1.82) is 0 Å². The first-order valence-electron chi connectivity index (χ1n) is 7.06. The van der Waals surface area contributed by atoms with E-state index < -0.39 is 11.7 Å². The lowest BCUT2D eigenvalue weighted by Crippen LogP contribution is -2.10. The first-order valence-corrected chi connectivity index (χ1v) is 7.06. The Balaban J connectivity index is 2.13. The Bertz CT molecular complexity index is 591. The van der Waals surface area contributed by atoms with Gasteiger partial charge in [-0.2, -0.15) is 13.2 Å². The quantitative estimate of drug-likeness (QED) is 0.871. The van der Waals surface area contributed by atoms with Gasteiger partial charge < -0.3 is 10.8 Å². The number of aliphatic hydroxyl groups excluding tert-OH is 1. The fourth-order valence-corrected chi connectivity index (χ4v) is 2.25. The molecule has 0 unspecified atom stereocenters. The van der Waals surface area contributed by atoms with Gasteiger partial charge in [0.2, 0.25) is 0 Å². The maximum atomic E-state index is 12.5. The number of halogens is 3. The van der Waals surface area contributed by atoms with Crippen molar-refractivity contribution in [1.82, 2.24) is 0 Å². The highest BCUT2D eigenvalue weighted by atomic mass is 19.4. The van der Waals surface area contributed by atoms with Gasteiger partial charge in [-0.25, -0.2) is 0 Å². The molecule has 2 aromatic carbocycles. The summed E-state index contributed by atoms with van der Waals surface area (Å²) in [6.45, 7) is 0.108. The molecule has 118 valence electrons. The van der Waals surface area contributed by atoms with Gasteiger partial charge in [0.25, 0.3) is 0 Å². The first kappa shape index (κ1) is 16.5. The van der Waals surface area contributed by atoms with Crippen LogP contribution in [0, 0.1) is 0 Å². The largest absolute Gasteiger partial charge is 0.416 e. The third-order valence-electron chi connectivity index (χ3n) is 3.56. The van der Waals surface area contributed by atoms with Crippen LogP contribution >= 0.6 is 0 Å². The van der Waals surface area contributed by atoms with Crippen LogP contribution in [0.3, 0.4) is 0 Å². The molecule has 2 nitrogen and oxygen atoms in total. The molecule has 5 heteroatoms. The number of aliphatic hydroxyl groups is 1. The smallest absolute Gasteiger partial charge is 0.396 e. The number of hydrogen-bond acceptors (Lipinski definition) is 2. The fourth-order valence-electron chi connectivity index (χ4n) is 2.25. The molecule has 0 aromatic heterocycles. The minimum absolute atomic E-state index is 0.108. The minimum Gasteiger partial charge on any atom is -0.396 e. The average molecular weight is 309 g/mol. The van der Waals surface area contributed by atoms with E-state index in [4.69, 9.17) is 10.8 Å². The predicted molar refractivity (Wildman–Crippen MR) is 80.1 cm³/mol. The van der Waals surface area contributed by atoms with Gasteiger partial charge in [-0.15, -0.1) is 0 Å². The van der Waals surface area contributed by atoms with Gasteiger partial charge in [0.05, 0.1) is 5.56 Å². The van der Waals surface area contributed by atoms with Crippen LogP contribution in [0.15, 0.2) is 48.5 Å². The molecule has 1 atom stereocenters. The van der Waals surface area contributed by atoms with Crippen molar-refractivity contribution in [3.8, 4) is 11.1 Å². The van der Waals surface area contributed by atoms with E-state index in [0.717, 1.165) is 28.8 Å². The van der Waals surface area contributed by atoms with Crippen LogP contribution < -0.4 is 5.73 Å². The maximum Gasteiger partial charge on any atom is 0.416 e. The summed E-state index contributed by atoms with van der Waals surface area (Å²) in [5, 5.41) is 8.80. The van der Waals surface area contributed by atoms with Gasteiger partial charge >= 0.3 is 6.18 Å². The molecule has 3 N–H and O–H groups in total. The lowest BCUT2D eigenvalue weighted by Gasteiger charge is -2.12. The summed E-state index contributed by atoms with van der Waals surface area (Å²) in [4.78, 5) is 0. The van der Waals surface area contributed by atoms with Crippen molar-refractivity contribution in [2.24, 2.45) is 5.73 Å². The lowest BCUT2D eigenvalue weighted by atomic mass is 9.98. The molecule has 0 amide bonds. The highest BCUT2D eigenvalue weighted by molar-refractivity contribution is 5.64. The van der Waals surface area contributed by atoms with E-state index in [1.165, 1.54) is 12.1 Å². The summed E-state index contributed by atoms with van der Waals surface area (Å²) >= 11 is 0. The molecule has 0 spiro atoms. The first-order chi connectivity index (χ1) is 10.4. The van der Waals surface area contributed by atoms with E-state index in [9.17, 15) is 13.2 Å². The number of nitrogens with two attached hydrogens (primary N) is 1. The van der Waals surface area contributed by atoms with Gasteiger partial charge in [-0.3, -0.25) is 0 Å². The topological polar surface area (TPSA) is 46.2 Å². The molecule has 0 heterocycles. The summed E-state index contributed by atoms with van der Waals surface area (Å²) in [5.41, 5.74) is 7.86. The predicted octanol–water partition coefficient (Wildman–Crippen LogP) is 4.14. The molecule has 0 fully saturated rings. The molecule has 22 heavy (non-hydrogen) atoms. The van der Waals surface area contributed by atoms with Crippen LogP contribution in [-0.4, -0.2) is 11.7 Å². The number of alkyl halides is 3. The van der Waals surface area contributed by atoms with Crippen molar-refractivity contribution in [3.05, 3.63) is 59.7 Å². The van der Waals surface area contributed by atoms with E-state index in [0.29, 0.717) is 12.8 Å². The van der Waals surface area contributed by atoms with Crippen molar-refractivity contribution in [2.75, 3.05) is 6.61 Å². The summed E-state index contributed by atoms with van der Waals surface area (Å²) in [6, 6.07) is 12.4. The Hall–Kier alpha value is -1.85. The Morgan fingerprint density at radius 1 is 0.909 bits per heavy atom. The van der Waals surface area contributed by atoms with Crippen LogP contribution in [0.25, 0.3) is 11.1 Å². The summed E-state index contributed by atoms with van der Waals surface area (Å²) in [5.74, 6) is 0. The Kier molecular flexibility index (Phi) is 5.21. The molecule has 0 aliphatic heterocycles. The lowest BCUT2D eigenvalue weighted by molar-refractivity contribution is -0.137. The Morgan fingerprint density at radius 2 is 1.41 bits per heavy atom. The summed E-state index contributed by atoms with van der Waals surface area (Å²) in [7, 11) is 0. The van der Waals surface area contributed by atoms with Gasteiger partial charge in [-0.1, -0.05) is 36.4 Å². The highest BCUT2D eigenvalue weighted by Gasteiger charge is 2.29. The van der Waals surface area contributed by atoms with Gasteiger partial charge in [0.15, 0.2) is 0 Å². The zero-order chi connectivity index (χ0) is 16.2. The monoisotopic (exact) mass is 309 g/mol. The second-order valence-electron chi connectivity index (χ2n) is 5.17. The van der Waals surface area contributed by atoms with Gasteiger partial charge in [0.1, 0.15) is 0 Å². The SMILES string of the molecule is N[C@H](CCCO)c1ccc(-c2ccc(C(F)(F)F)cc2)cc1. The third-order valence-corrected chi connectivity index (χ3v) is 3.56. The number of hydrogen-bond donors (Lipinski definition) is 2. The molecule has 2 rings (SSSR count). The van der Waals surface area contributed by atoms with Crippen molar-refractivity contribution < 1.29 is 18.3 Å². The van der Waals surface area contributed by atoms with E-state index in [1.807, 2.05) is 24.3 Å². The molecular formula is C17H18F3NO. The average Bonchev–Trinajstić information content (AvgIpc) is 2.52. The molecular weight excluding hydrogens is 291 g/mol. The minimum atomic E-state index is -4.32. The van der Waals surface area contributed by atoms with Crippen LogP contribution in [-0.2, 0) is 6.18 Å². The zero-order valence-electron chi connectivity index (χ0n) is 12.0. The van der Waals surface area contributed by atoms with Crippen molar-refractivity contribution >= 4 is 0 Å². The second-order valence-corrected chi connectivity index (χ2v) is 5.17. The molecule has 0 radical (unpaired) electrons. The standard InChI is InChI=1S/C17H18F3NO/c18-17(19,20)15-9-7-13(8-10-15)12-3-5-14(6-4-12)16(21)2-1-11-22/h3-10,16,22H,1-2,11,21H2/t16-/m1/s1. The Labute approximate surface area is 127 Å². The van der Waals surface area contributed by atoms with Crippen LogP contribution in [0.2, 0.25) is 0 Å². The van der Waals surface area contributed by atoms with Crippen molar-refractivity contribution in [3.63, 3.8) is 0 Å². The molecule has 0 aliphatic rings.